The first-order valence-electron chi connectivity index (χ1n) is 8.48. The predicted molar refractivity (Wildman–Crippen MR) is 115 cm³/mol. The summed E-state index contributed by atoms with van der Waals surface area (Å²) in [5.41, 5.74) is 5.02. The third-order valence-electron chi connectivity index (χ3n) is 4.47. The summed E-state index contributed by atoms with van der Waals surface area (Å²) in [7, 11) is 0. The van der Waals surface area contributed by atoms with Crippen molar-refractivity contribution in [2.24, 2.45) is 0 Å². The fourth-order valence-corrected chi connectivity index (χ4v) is 4.52. The molecule has 1 saturated heterocycles. The summed E-state index contributed by atoms with van der Waals surface area (Å²) >= 11 is 6.75. The fourth-order valence-electron chi connectivity index (χ4n) is 3.23. The standard InChI is InChI=1S/C21H17N3OS2/c1-14-11-16(15(2)23(14)17-7-4-3-5-8-17)12-19-20(25)24(21(26)27-19)18-9-6-10-22-13-18/h3-13H,1-2H3/b19-12-. The van der Waals surface area contributed by atoms with Gasteiger partial charge in [0.2, 0.25) is 0 Å². The number of pyridine rings is 1. The second kappa shape index (κ2) is 7.13. The van der Waals surface area contributed by atoms with Crippen LogP contribution in [0.3, 0.4) is 0 Å². The van der Waals surface area contributed by atoms with E-state index in [0.29, 0.717) is 14.9 Å². The first-order valence-corrected chi connectivity index (χ1v) is 9.71. The summed E-state index contributed by atoms with van der Waals surface area (Å²) in [5, 5.41) is 0. The van der Waals surface area contributed by atoms with Gasteiger partial charge < -0.3 is 4.57 Å². The number of thioether (sulfide) groups is 1. The van der Waals surface area contributed by atoms with Crippen molar-refractivity contribution in [3.63, 3.8) is 0 Å². The Labute approximate surface area is 167 Å². The van der Waals surface area contributed by atoms with Crippen LogP contribution in [0.4, 0.5) is 5.69 Å². The Balaban J connectivity index is 1.71. The molecule has 1 aromatic carbocycles. The normalized spacial score (nSPS) is 15.8. The van der Waals surface area contributed by atoms with Crippen LogP contribution >= 0.6 is 24.0 Å². The summed E-state index contributed by atoms with van der Waals surface area (Å²) < 4.78 is 2.71. The molecule has 0 atom stereocenters. The third-order valence-corrected chi connectivity index (χ3v) is 5.77. The van der Waals surface area contributed by atoms with Crippen LogP contribution in [0.15, 0.2) is 65.8 Å². The molecule has 1 amide bonds. The number of carbonyl (C=O) groups excluding carboxylic acids is 1. The molecule has 134 valence electrons. The number of amides is 1. The molecule has 0 spiro atoms. The average Bonchev–Trinajstić information content (AvgIpc) is 3.11. The van der Waals surface area contributed by atoms with E-state index in [0.717, 1.165) is 22.6 Å². The second-order valence-corrected chi connectivity index (χ2v) is 7.90. The van der Waals surface area contributed by atoms with E-state index in [1.165, 1.54) is 16.7 Å². The van der Waals surface area contributed by atoms with Crippen molar-refractivity contribution in [3.8, 4) is 5.69 Å². The Morgan fingerprint density at radius 1 is 1.07 bits per heavy atom. The maximum Gasteiger partial charge on any atom is 0.270 e. The van der Waals surface area contributed by atoms with Crippen LogP contribution in [0.2, 0.25) is 0 Å². The number of nitrogens with zero attached hydrogens (tertiary/aromatic N) is 3. The van der Waals surface area contributed by atoms with E-state index in [4.69, 9.17) is 12.2 Å². The highest BCUT2D eigenvalue weighted by Gasteiger charge is 2.33. The Bertz CT molecular complexity index is 1060. The minimum atomic E-state index is -0.109. The molecule has 27 heavy (non-hydrogen) atoms. The molecule has 0 radical (unpaired) electrons. The zero-order chi connectivity index (χ0) is 19.0. The van der Waals surface area contributed by atoms with Crippen LogP contribution in [-0.2, 0) is 4.79 Å². The zero-order valence-electron chi connectivity index (χ0n) is 14.9. The Morgan fingerprint density at radius 3 is 2.52 bits per heavy atom. The van der Waals surface area contributed by atoms with Crippen molar-refractivity contribution in [1.82, 2.24) is 9.55 Å². The second-order valence-electron chi connectivity index (χ2n) is 6.23. The van der Waals surface area contributed by atoms with E-state index in [1.54, 1.807) is 18.5 Å². The number of carbonyl (C=O) groups is 1. The molecule has 0 unspecified atom stereocenters. The number of hydrogen-bond donors (Lipinski definition) is 0. The van der Waals surface area contributed by atoms with Gasteiger partial charge in [0.05, 0.1) is 16.8 Å². The van der Waals surface area contributed by atoms with Gasteiger partial charge in [0.25, 0.3) is 5.91 Å². The summed E-state index contributed by atoms with van der Waals surface area (Å²) in [6.07, 6.45) is 5.25. The Kier molecular flexibility index (Phi) is 4.68. The molecular formula is C21H17N3OS2. The molecule has 0 saturated carbocycles. The molecule has 0 aliphatic carbocycles. The molecule has 6 heteroatoms. The van der Waals surface area contributed by atoms with Gasteiger partial charge in [-0.1, -0.05) is 42.2 Å². The lowest BCUT2D eigenvalue weighted by atomic mass is 10.2. The van der Waals surface area contributed by atoms with Gasteiger partial charge in [0.15, 0.2) is 4.32 Å². The van der Waals surface area contributed by atoms with Gasteiger partial charge in [-0.25, -0.2) is 0 Å². The summed E-state index contributed by atoms with van der Waals surface area (Å²) in [6.45, 7) is 4.13. The van der Waals surface area contributed by atoms with Gasteiger partial charge in [0.1, 0.15) is 0 Å². The van der Waals surface area contributed by atoms with Crippen LogP contribution in [-0.4, -0.2) is 19.8 Å². The molecule has 1 aliphatic heterocycles. The fraction of sp³-hybridized carbons (Fsp3) is 0.0952. The van der Waals surface area contributed by atoms with E-state index in [-0.39, 0.29) is 5.91 Å². The monoisotopic (exact) mass is 391 g/mol. The number of rotatable bonds is 3. The molecule has 3 heterocycles. The van der Waals surface area contributed by atoms with E-state index >= 15 is 0 Å². The van der Waals surface area contributed by atoms with E-state index < -0.39 is 0 Å². The van der Waals surface area contributed by atoms with Gasteiger partial charge >= 0.3 is 0 Å². The number of anilines is 1. The quantitative estimate of drug-likeness (QED) is 0.470. The highest BCUT2D eigenvalue weighted by atomic mass is 32.2. The van der Waals surface area contributed by atoms with Crippen LogP contribution in [0, 0.1) is 13.8 Å². The number of thiocarbonyl (C=S) groups is 1. The zero-order valence-corrected chi connectivity index (χ0v) is 16.6. The Hall–Kier alpha value is -2.70. The smallest absolute Gasteiger partial charge is 0.270 e. The van der Waals surface area contributed by atoms with Gasteiger partial charge in [-0.3, -0.25) is 14.7 Å². The molecule has 4 nitrogen and oxygen atoms in total. The van der Waals surface area contributed by atoms with Gasteiger partial charge in [-0.2, -0.15) is 0 Å². The summed E-state index contributed by atoms with van der Waals surface area (Å²) in [5.74, 6) is -0.109. The molecular weight excluding hydrogens is 374 g/mol. The summed E-state index contributed by atoms with van der Waals surface area (Å²) in [6, 6.07) is 15.9. The third kappa shape index (κ3) is 3.22. The van der Waals surface area contributed by atoms with Crippen LogP contribution in [0.1, 0.15) is 17.0 Å². The van der Waals surface area contributed by atoms with Crippen molar-refractivity contribution in [2.45, 2.75) is 13.8 Å². The van der Waals surface area contributed by atoms with Crippen molar-refractivity contribution in [1.29, 1.82) is 0 Å². The predicted octanol–water partition coefficient (Wildman–Crippen LogP) is 4.89. The van der Waals surface area contributed by atoms with Gasteiger partial charge in [-0.15, -0.1) is 0 Å². The van der Waals surface area contributed by atoms with Crippen molar-refractivity contribution in [3.05, 3.63) is 82.8 Å². The van der Waals surface area contributed by atoms with E-state index in [1.807, 2.05) is 30.3 Å². The highest BCUT2D eigenvalue weighted by Crippen LogP contribution is 2.36. The molecule has 3 aromatic rings. The van der Waals surface area contributed by atoms with Crippen LogP contribution in [0.5, 0.6) is 0 Å². The Morgan fingerprint density at radius 2 is 1.81 bits per heavy atom. The largest absolute Gasteiger partial charge is 0.318 e. The average molecular weight is 392 g/mol. The lowest BCUT2D eigenvalue weighted by molar-refractivity contribution is -0.113. The number of benzene rings is 1. The minimum Gasteiger partial charge on any atom is -0.318 e. The number of para-hydroxylation sites is 1. The first-order chi connectivity index (χ1) is 13.1. The van der Waals surface area contributed by atoms with Crippen LogP contribution < -0.4 is 4.90 Å². The molecule has 0 bridgehead atoms. The molecule has 1 fully saturated rings. The maximum absolute atomic E-state index is 12.9. The maximum atomic E-state index is 12.9. The lowest BCUT2D eigenvalue weighted by Gasteiger charge is -2.13. The molecule has 4 rings (SSSR count). The number of aromatic nitrogens is 2. The van der Waals surface area contributed by atoms with Crippen molar-refractivity contribution < 1.29 is 4.79 Å². The van der Waals surface area contributed by atoms with E-state index in [9.17, 15) is 4.79 Å². The number of aryl methyl sites for hydroxylation is 1. The van der Waals surface area contributed by atoms with Gasteiger partial charge in [-0.05, 0) is 55.8 Å². The van der Waals surface area contributed by atoms with E-state index in [2.05, 4.69) is 41.6 Å². The SMILES string of the molecule is Cc1cc(/C=C2\SC(=S)N(c3cccnc3)C2=O)c(C)n1-c1ccccc1. The molecule has 2 aromatic heterocycles. The van der Waals surface area contributed by atoms with Crippen LogP contribution in [0.25, 0.3) is 11.8 Å². The lowest BCUT2D eigenvalue weighted by Crippen LogP contribution is -2.27. The topological polar surface area (TPSA) is 38.1 Å². The highest BCUT2D eigenvalue weighted by molar-refractivity contribution is 8.27. The first kappa shape index (κ1) is 17.7. The van der Waals surface area contributed by atoms with Gasteiger partial charge in [0, 0.05) is 23.3 Å². The minimum absolute atomic E-state index is 0.109. The number of hydrogen-bond acceptors (Lipinski definition) is 4. The summed E-state index contributed by atoms with van der Waals surface area (Å²) in [4.78, 5) is 19.2. The van der Waals surface area contributed by atoms with Crippen molar-refractivity contribution >= 4 is 46.0 Å². The van der Waals surface area contributed by atoms with Crippen molar-refractivity contribution in [2.75, 3.05) is 4.90 Å². The molecule has 1 aliphatic rings. The molecule has 0 N–H and O–H groups in total.